The molecule has 0 spiro atoms. The summed E-state index contributed by atoms with van der Waals surface area (Å²) in [5.74, 6) is -1.17. The zero-order chi connectivity index (χ0) is 18.3. The monoisotopic (exact) mass is 352 g/mol. The molecule has 4 aromatic rings. The summed E-state index contributed by atoms with van der Waals surface area (Å²) in [5.41, 5.74) is 7.93. The van der Waals surface area contributed by atoms with Crippen LogP contribution in [0.3, 0.4) is 0 Å². The lowest BCUT2D eigenvalue weighted by atomic mass is 10.2. The quantitative estimate of drug-likeness (QED) is 0.578. The van der Waals surface area contributed by atoms with Gasteiger partial charge in [-0.1, -0.05) is 0 Å². The Kier molecular flexibility index (Phi) is 3.57. The predicted octanol–water partition coefficient (Wildman–Crippen LogP) is 1.59. The van der Waals surface area contributed by atoms with Crippen LogP contribution in [0.4, 0.5) is 15.9 Å². The fourth-order valence-corrected chi connectivity index (χ4v) is 2.56. The van der Waals surface area contributed by atoms with Gasteiger partial charge >= 0.3 is 0 Å². The number of anilines is 2. The topological polar surface area (TPSA) is 116 Å². The van der Waals surface area contributed by atoms with Crippen LogP contribution in [-0.4, -0.2) is 35.3 Å². The molecule has 1 amide bonds. The highest BCUT2D eigenvalue weighted by Gasteiger charge is 2.21. The van der Waals surface area contributed by atoms with E-state index in [1.807, 2.05) is 13.0 Å². The SMILES string of the molecule is Cc1ccn(-c2ccncc2NC(=O)c2c(N)nn3cc(F)cnc23)n1. The zero-order valence-corrected chi connectivity index (χ0v) is 13.6. The van der Waals surface area contributed by atoms with Crippen molar-refractivity contribution in [1.82, 2.24) is 29.4 Å². The van der Waals surface area contributed by atoms with Gasteiger partial charge in [0.1, 0.15) is 5.56 Å². The Morgan fingerprint density at radius 3 is 2.88 bits per heavy atom. The van der Waals surface area contributed by atoms with Crippen LogP contribution in [0.1, 0.15) is 16.1 Å². The average Bonchev–Trinajstić information content (AvgIpc) is 3.17. The summed E-state index contributed by atoms with van der Waals surface area (Å²) < 4.78 is 16.0. The molecule has 0 radical (unpaired) electrons. The van der Waals surface area contributed by atoms with E-state index in [2.05, 4.69) is 25.5 Å². The standard InChI is InChI=1S/C16H13FN8O/c1-9-3-5-24(22-9)12-2-4-19-7-11(12)21-16(26)13-14(18)23-25-8-10(17)6-20-15(13)25/h2-8H,1H3,(H2,18,23)(H,21,26). The Hall–Kier alpha value is -3.82. The van der Waals surface area contributed by atoms with Crippen LogP contribution in [0, 0.1) is 12.7 Å². The van der Waals surface area contributed by atoms with Crippen LogP contribution in [0.5, 0.6) is 0 Å². The largest absolute Gasteiger partial charge is 0.381 e. The predicted molar refractivity (Wildman–Crippen MR) is 91.4 cm³/mol. The van der Waals surface area contributed by atoms with Crippen molar-refractivity contribution in [2.45, 2.75) is 6.92 Å². The van der Waals surface area contributed by atoms with Crippen molar-refractivity contribution >= 4 is 23.1 Å². The third-order valence-corrected chi connectivity index (χ3v) is 3.71. The molecule has 0 saturated heterocycles. The van der Waals surface area contributed by atoms with Gasteiger partial charge in [0.2, 0.25) is 0 Å². The number of nitrogens with zero attached hydrogens (tertiary/aromatic N) is 6. The first-order valence-electron chi connectivity index (χ1n) is 7.60. The van der Waals surface area contributed by atoms with Gasteiger partial charge in [-0.15, -0.1) is 5.10 Å². The van der Waals surface area contributed by atoms with Gasteiger partial charge in [-0.25, -0.2) is 18.6 Å². The van der Waals surface area contributed by atoms with Gasteiger partial charge in [0.05, 0.1) is 35.7 Å². The molecule has 0 bridgehead atoms. The number of halogens is 1. The van der Waals surface area contributed by atoms with Crippen LogP contribution in [0.25, 0.3) is 11.3 Å². The van der Waals surface area contributed by atoms with Crippen molar-refractivity contribution < 1.29 is 9.18 Å². The van der Waals surface area contributed by atoms with Crippen molar-refractivity contribution in [3.63, 3.8) is 0 Å². The minimum Gasteiger partial charge on any atom is -0.381 e. The average molecular weight is 352 g/mol. The summed E-state index contributed by atoms with van der Waals surface area (Å²) in [7, 11) is 0. The second kappa shape index (κ2) is 5.92. The molecule has 0 aromatic carbocycles. The maximum atomic E-state index is 13.3. The molecule has 0 unspecified atom stereocenters. The summed E-state index contributed by atoms with van der Waals surface area (Å²) in [6.07, 6.45) is 6.95. The van der Waals surface area contributed by atoms with Gasteiger partial charge in [0.15, 0.2) is 17.3 Å². The number of aromatic nitrogens is 6. The first-order valence-corrected chi connectivity index (χ1v) is 7.60. The molecule has 4 rings (SSSR count). The van der Waals surface area contributed by atoms with Crippen LogP contribution >= 0.6 is 0 Å². The molecule has 3 N–H and O–H groups in total. The van der Waals surface area contributed by atoms with Crippen LogP contribution in [0.2, 0.25) is 0 Å². The smallest absolute Gasteiger partial charge is 0.263 e. The zero-order valence-electron chi connectivity index (χ0n) is 13.6. The molecule has 0 aliphatic rings. The second-order valence-electron chi connectivity index (χ2n) is 5.55. The fourth-order valence-electron chi connectivity index (χ4n) is 2.56. The third-order valence-electron chi connectivity index (χ3n) is 3.71. The first-order chi connectivity index (χ1) is 12.5. The number of amides is 1. The van der Waals surface area contributed by atoms with Crippen molar-refractivity contribution in [3.05, 3.63) is 60.2 Å². The molecule has 4 aromatic heterocycles. The molecule has 0 aliphatic heterocycles. The number of rotatable bonds is 3. The molecule has 0 fully saturated rings. The molecule has 130 valence electrons. The Bertz CT molecular complexity index is 1130. The van der Waals surface area contributed by atoms with Gasteiger partial charge in [-0.2, -0.15) is 5.10 Å². The van der Waals surface area contributed by atoms with Crippen LogP contribution in [0.15, 0.2) is 43.1 Å². The summed E-state index contributed by atoms with van der Waals surface area (Å²) in [6, 6.07) is 3.56. The number of hydrogen-bond acceptors (Lipinski definition) is 6. The molecule has 0 saturated carbocycles. The second-order valence-corrected chi connectivity index (χ2v) is 5.55. The minimum atomic E-state index is -0.587. The van der Waals surface area contributed by atoms with Gasteiger partial charge in [-0.05, 0) is 19.1 Å². The van der Waals surface area contributed by atoms with E-state index in [-0.39, 0.29) is 17.0 Å². The summed E-state index contributed by atoms with van der Waals surface area (Å²) >= 11 is 0. The van der Waals surface area contributed by atoms with E-state index in [9.17, 15) is 9.18 Å². The van der Waals surface area contributed by atoms with Crippen LogP contribution < -0.4 is 11.1 Å². The molecule has 26 heavy (non-hydrogen) atoms. The van der Waals surface area contributed by atoms with Gasteiger partial charge in [0, 0.05) is 12.4 Å². The van der Waals surface area contributed by atoms with E-state index in [0.717, 1.165) is 22.6 Å². The van der Waals surface area contributed by atoms with Crippen molar-refractivity contribution in [3.8, 4) is 5.69 Å². The highest BCUT2D eigenvalue weighted by molar-refractivity contribution is 6.12. The first kappa shape index (κ1) is 15.7. The van der Waals surface area contributed by atoms with E-state index in [0.29, 0.717) is 11.4 Å². The Morgan fingerprint density at radius 2 is 2.12 bits per heavy atom. The Morgan fingerprint density at radius 1 is 1.27 bits per heavy atom. The van der Waals surface area contributed by atoms with Gasteiger partial charge < -0.3 is 11.1 Å². The molecule has 9 nitrogen and oxygen atoms in total. The van der Waals surface area contributed by atoms with Gasteiger partial charge in [-0.3, -0.25) is 9.78 Å². The highest BCUT2D eigenvalue weighted by atomic mass is 19.1. The number of aryl methyl sites for hydroxylation is 1. The number of pyridine rings is 1. The van der Waals surface area contributed by atoms with Crippen molar-refractivity contribution in [1.29, 1.82) is 0 Å². The number of nitrogen functional groups attached to an aromatic ring is 1. The van der Waals surface area contributed by atoms with Crippen molar-refractivity contribution in [2.75, 3.05) is 11.1 Å². The number of nitrogens with one attached hydrogen (secondary N) is 1. The van der Waals surface area contributed by atoms with E-state index < -0.39 is 11.7 Å². The minimum absolute atomic E-state index is 0.0523. The van der Waals surface area contributed by atoms with Gasteiger partial charge in [0.25, 0.3) is 5.91 Å². The Balaban J connectivity index is 1.73. The van der Waals surface area contributed by atoms with Crippen LogP contribution in [-0.2, 0) is 0 Å². The molecular formula is C16H13FN8O. The molecule has 10 heteroatoms. The normalized spacial score (nSPS) is 11.0. The number of hydrogen-bond donors (Lipinski definition) is 2. The van der Waals surface area contributed by atoms with E-state index in [1.165, 1.54) is 6.20 Å². The number of carbonyl (C=O) groups is 1. The number of nitrogens with two attached hydrogens (primary N) is 1. The maximum absolute atomic E-state index is 13.3. The maximum Gasteiger partial charge on any atom is 0.263 e. The lowest BCUT2D eigenvalue weighted by molar-refractivity contribution is 0.102. The summed E-state index contributed by atoms with van der Waals surface area (Å²) in [4.78, 5) is 20.7. The molecule has 0 atom stereocenters. The number of carbonyl (C=O) groups excluding carboxylic acids is 1. The van der Waals surface area contributed by atoms with Crippen molar-refractivity contribution in [2.24, 2.45) is 0 Å². The lowest BCUT2D eigenvalue weighted by Gasteiger charge is -2.10. The molecule has 4 heterocycles. The lowest BCUT2D eigenvalue weighted by Crippen LogP contribution is -2.16. The molecular weight excluding hydrogens is 339 g/mol. The number of fused-ring (bicyclic) bond motifs is 1. The fraction of sp³-hybridized carbons (Fsp3) is 0.0625. The Labute approximate surface area is 146 Å². The van der Waals surface area contributed by atoms with E-state index in [1.54, 1.807) is 23.1 Å². The summed E-state index contributed by atoms with van der Waals surface area (Å²) in [5, 5.41) is 11.0. The highest BCUT2D eigenvalue weighted by Crippen LogP contribution is 2.22. The van der Waals surface area contributed by atoms with E-state index >= 15 is 0 Å². The third kappa shape index (κ3) is 2.62. The molecule has 0 aliphatic carbocycles. The van der Waals surface area contributed by atoms with E-state index in [4.69, 9.17) is 5.73 Å². The summed E-state index contributed by atoms with van der Waals surface area (Å²) in [6.45, 7) is 1.86.